The molecule has 4 saturated carbocycles. The van der Waals surface area contributed by atoms with Crippen molar-refractivity contribution in [3.05, 3.63) is 11.6 Å². The highest BCUT2D eigenvalue weighted by atomic mass is 16.7. The number of aldehydes is 1. The molecule has 6 N–H and O–H groups in total. The van der Waals surface area contributed by atoms with E-state index >= 15 is 0 Å². The number of esters is 1. The Balaban J connectivity index is 1.03. The summed E-state index contributed by atoms with van der Waals surface area (Å²) in [6.45, 7) is 3.71. The normalized spacial score (nSPS) is 53.3. The second-order valence-corrected chi connectivity index (χ2v) is 16.7. The van der Waals surface area contributed by atoms with Gasteiger partial charge >= 0.3 is 5.97 Å². The summed E-state index contributed by atoms with van der Waals surface area (Å²) in [5.41, 5.74) is -3.20. The maximum Gasteiger partial charge on any atom is 0.331 e. The third kappa shape index (κ3) is 5.84. The second-order valence-electron chi connectivity index (χ2n) is 16.7. The van der Waals surface area contributed by atoms with Crippen molar-refractivity contribution in [1.82, 2.24) is 0 Å². The van der Waals surface area contributed by atoms with E-state index in [1.165, 1.54) is 14.2 Å². The van der Waals surface area contributed by atoms with Crippen LogP contribution >= 0.6 is 0 Å². The van der Waals surface area contributed by atoms with Gasteiger partial charge in [0.25, 0.3) is 0 Å². The third-order valence-corrected chi connectivity index (χ3v) is 14.6. The first-order valence-electron chi connectivity index (χ1n) is 18.8. The highest BCUT2D eigenvalue weighted by Crippen LogP contribution is 2.70. The molecule has 6 fully saturated rings. The van der Waals surface area contributed by atoms with E-state index in [1.54, 1.807) is 13.0 Å². The van der Waals surface area contributed by atoms with Crippen molar-refractivity contribution in [3.63, 3.8) is 0 Å². The van der Waals surface area contributed by atoms with Gasteiger partial charge in [0.15, 0.2) is 12.6 Å². The lowest BCUT2D eigenvalue weighted by atomic mass is 9.41. The number of rotatable bonds is 9. The largest absolute Gasteiger partial charge is 0.458 e. The highest BCUT2D eigenvalue weighted by Gasteiger charge is 2.71. The molecule has 0 amide bonds. The molecule has 17 unspecified atom stereocenters. The van der Waals surface area contributed by atoms with Crippen molar-refractivity contribution < 1.29 is 73.4 Å². The lowest BCUT2D eigenvalue weighted by Gasteiger charge is -2.65. The lowest BCUT2D eigenvalue weighted by Crippen LogP contribution is -2.69. The smallest absolute Gasteiger partial charge is 0.331 e. The molecule has 4 aliphatic carbocycles. The van der Waals surface area contributed by atoms with Crippen LogP contribution in [0.1, 0.15) is 71.6 Å². The molecule has 0 radical (unpaired) electrons. The molecule has 7 aliphatic rings. The summed E-state index contributed by atoms with van der Waals surface area (Å²) in [6.07, 6.45) is -5.65. The summed E-state index contributed by atoms with van der Waals surface area (Å²) in [7, 11) is 2.86. The maximum absolute atomic E-state index is 13.2. The van der Waals surface area contributed by atoms with E-state index in [1.807, 2.05) is 0 Å². The first kappa shape index (κ1) is 38.7. The van der Waals surface area contributed by atoms with Crippen molar-refractivity contribution in [2.24, 2.45) is 28.6 Å². The zero-order chi connectivity index (χ0) is 37.4. The van der Waals surface area contributed by atoms with Crippen LogP contribution in [0.4, 0.5) is 0 Å². The summed E-state index contributed by atoms with van der Waals surface area (Å²) < 4.78 is 40.1. The number of carbonyl (C=O) groups excluding carboxylic acids is 2. The molecule has 0 aromatic heterocycles. The summed E-state index contributed by atoms with van der Waals surface area (Å²) in [5, 5.41) is 67.9. The fourth-order valence-corrected chi connectivity index (χ4v) is 11.6. The molecular formula is C37H56O15. The molecule has 0 bridgehead atoms. The van der Waals surface area contributed by atoms with Gasteiger partial charge in [-0.15, -0.1) is 0 Å². The van der Waals surface area contributed by atoms with E-state index in [4.69, 9.17) is 33.2 Å². The summed E-state index contributed by atoms with van der Waals surface area (Å²) in [4.78, 5) is 25.1. The number of cyclic esters (lactones) is 1. The van der Waals surface area contributed by atoms with E-state index < -0.39 is 89.5 Å². The predicted octanol–water partition coefficient (Wildman–Crippen LogP) is -0.118. The van der Waals surface area contributed by atoms with Crippen LogP contribution in [0.25, 0.3) is 0 Å². The third-order valence-electron chi connectivity index (χ3n) is 14.6. The topological polar surface area (TPSA) is 220 Å². The summed E-state index contributed by atoms with van der Waals surface area (Å²) in [6, 6.07) is 0. The van der Waals surface area contributed by atoms with Gasteiger partial charge in [-0.1, -0.05) is 6.92 Å². The van der Waals surface area contributed by atoms with Gasteiger partial charge in [0.1, 0.15) is 55.6 Å². The first-order chi connectivity index (χ1) is 24.7. The Morgan fingerprint density at radius 1 is 0.865 bits per heavy atom. The molecule has 3 aliphatic heterocycles. The van der Waals surface area contributed by atoms with Gasteiger partial charge in [-0.25, -0.2) is 4.79 Å². The number of fused-ring (bicyclic) bond motifs is 5. The van der Waals surface area contributed by atoms with Crippen molar-refractivity contribution in [2.75, 3.05) is 27.4 Å². The Hall–Kier alpha value is -1.60. The first-order valence-corrected chi connectivity index (χ1v) is 18.8. The fourth-order valence-electron chi connectivity index (χ4n) is 11.6. The van der Waals surface area contributed by atoms with Gasteiger partial charge in [-0.05, 0) is 81.6 Å². The molecule has 0 aromatic rings. The molecule has 0 aromatic carbocycles. The molecule has 7 rings (SSSR count). The van der Waals surface area contributed by atoms with Gasteiger partial charge in [-0.3, -0.25) is 0 Å². The quantitative estimate of drug-likeness (QED) is 0.103. The molecule has 294 valence electrons. The van der Waals surface area contributed by atoms with E-state index in [0.29, 0.717) is 38.5 Å². The number of carbonyl (C=O) groups is 2. The van der Waals surface area contributed by atoms with Gasteiger partial charge < -0.3 is 68.6 Å². The Kier molecular flexibility index (Phi) is 10.5. The van der Waals surface area contributed by atoms with Crippen LogP contribution < -0.4 is 0 Å². The standard InChI is InChI=1S/C37H56O15/c1-18-26(40)30(46-3)31(47-4)33(50-18)49-16-24-27(41)28(42)29(43)32(52-24)51-20-5-10-35(17-38)22-6-9-34(2)21(19-13-25(39)48-15-19)8-12-37(34,45)23(22)7-11-36(35,44)14-20/h13,17-18,20-24,26-33,40-45H,5-12,14-16H2,1-4H3/t18?,20?,21?,22?,23?,24?,26?,27?,28?,29?,30?,31-,32?,33?,34?,35?,36?,37?/m1/s1. The average molecular weight is 741 g/mol. The summed E-state index contributed by atoms with van der Waals surface area (Å²) >= 11 is 0. The molecule has 15 heteroatoms. The monoisotopic (exact) mass is 740 g/mol. The molecule has 3 heterocycles. The van der Waals surface area contributed by atoms with Crippen LogP contribution in [0.2, 0.25) is 0 Å². The Labute approximate surface area is 303 Å². The Morgan fingerprint density at radius 2 is 1.60 bits per heavy atom. The molecule has 52 heavy (non-hydrogen) atoms. The van der Waals surface area contributed by atoms with Crippen molar-refractivity contribution in [3.8, 4) is 0 Å². The van der Waals surface area contributed by atoms with Gasteiger partial charge in [0, 0.05) is 32.1 Å². The minimum absolute atomic E-state index is 0.00220. The van der Waals surface area contributed by atoms with E-state index in [0.717, 1.165) is 18.3 Å². The fraction of sp³-hybridized carbons (Fsp3) is 0.892. The minimum atomic E-state index is -1.64. The van der Waals surface area contributed by atoms with Crippen LogP contribution in [0.15, 0.2) is 11.6 Å². The minimum Gasteiger partial charge on any atom is -0.458 e. The Bertz CT molecular complexity index is 1380. The van der Waals surface area contributed by atoms with Crippen molar-refractivity contribution >= 4 is 12.3 Å². The molecule has 0 spiro atoms. The van der Waals surface area contributed by atoms with Crippen molar-refractivity contribution in [2.45, 2.75) is 150 Å². The van der Waals surface area contributed by atoms with Crippen LogP contribution in [-0.4, -0.2) is 149 Å². The Morgan fingerprint density at radius 3 is 2.27 bits per heavy atom. The number of methoxy groups -OCH3 is 2. The van der Waals surface area contributed by atoms with Crippen molar-refractivity contribution in [1.29, 1.82) is 0 Å². The number of hydrogen-bond donors (Lipinski definition) is 6. The molecular weight excluding hydrogens is 684 g/mol. The van der Waals surface area contributed by atoms with Gasteiger partial charge in [0.05, 0.1) is 35.4 Å². The van der Waals surface area contributed by atoms with Crippen LogP contribution in [0.3, 0.4) is 0 Å². The van der Waals surface area contributed by atoms with Gasteiger partial charge in [0.2, 0.25) is 0 Å². The number of hydrogen-bond acceptors (Lipinski definition) is 15. The van der Waals surface area contributed by atoms with Crippen LogP contribution in [0.5, 0.6) is 0 Å². The number of ether oxygens (including phenoxy) is 7. The predicted molar refractivity (Wildman–Crippen MR) is 177 cm³/mol. The zero-order valence-corrected chi connectivity index (χ0v) is 30.4. The maximum atomic E-state index is 13.2. The lowest BCUT2D eigenvalue weighted by molar-refractivity contribution is -0.341. The molecule has 18 atom stereocenters. The van der Waals surface area contributed by atoms with Gasteiger partial charge in [-0.2, -0.15) is 0 Å². The molecule has 2 saturated heterocycles. The van der Waals surface area contributed by atoms with E-state index in [9.17, 15) is 40.2 Å². The van der Waals surface area contributed by atoms with E-state index in [-0.39, 0.29) is 49.8 Å². The second kappa shape index (κ2) is 14.2. The summed E-state index contributed by atoms with van der Waals surface area (Å²) in [5.74, 6) is -0.820. The average Bonchev–Trinajstić information content (AvgIpc) is 3.67. The zero-order valence-electron chi connectivity index (χ0n) is 30.4. The molecule has 15 nitrogen and oxygen atoms in total. The van der Waals surface area contributed by atoms with Crippen LogP contribution in [-0.2, 0) is 42.7 Å². The highest BCUT2D eigenvalue weighted by molar-refractivity contribution is 5.85. The number of aliphatic hydroxyl groups excluding tert-OH is 4. The number of aliphatic hydroxyl groups is 6. The van der Waals surface area contributed by atoms with Crippen LogP contribution in [0, 0.1) is 28.6 Å². The SMILES string of the molecule is COC1C(O)C(C)OC(OCC2OC(OC3CCC4(C=O)C5CCC6(C)C(C7=CC(=O)OC7)CCC6(O)C5CCC4(O)C3)C(O)C(O)C2O)[C@@H]1OC. The van der Waals surface area contributed by atoms with E-state index in [2.05, 4.69) is 6.92 Å².